The molecule has 1 aliphatic heterocycles. The smallest absolute Gasteiger partial charge is 0.340 e. The largest absolute Gasteiger partial charge is 0.497 e. The number of nitro benzene ring substituents is 1. The summed E-state index contributed by atoms with van der Waals surface area (Å²) in [6.45, 7) is 0.0656. The van der Waals surface area contributed by atoms with Gasteiger partial charge in [0.15, 0.2) is 6.61 Å². The number of aryl methyl sites for hydroxylation is 1. The van der Waals surface area contributed by atoms with Crippen LogP contribution in [0.1, 0.15) is 22.3 Å². The number of hydrogen-bond acceptors (Lipinski definition) is 7. The number of benzene rings is 2. The lowest BCUT2D eigenvalue weighted by Gasteiger charge is -2.29. The van der Waals surface area contributed by atoms with E-state index < -0.39 is 17.5 Å². The molecule has 3 rings (SSSR count). The van der Waals surface area contributed by atoms with Gasteiger partial charge in [0, 0.05) is 24.4 Å². The second-order valence-corrected chi connectivity index (χ2v) is 6.25. The third-order valence-corrected chi connectivity index (χ3v) is 4.50. The zero-order chi connectivity index (χ0) is 20.3. The Morgan fingerprint density at radius 2 is 2.04 bits per heavy atom. The molecule has 0 aliphatic carbocycles. The van der Waals surface area contributed by atoms with Gasteiger partial charge < -0.3 is 20.1 Å². The van der Waals surface area contributed by atoms with Crippen molar-refractivity contribution in [3.05, 3.63) is 57.6 Å². The average molecular weight is 385 g/mol. The Kier molecular flexibility index (Phi) is 5.44. The Morgan fingerprint density at radius 3 is 2.71 bits per heavy atom. The van der Waals surface area contributed by atoms with E-state index in [1.165, 1.54) is 6.07 Å². The molecular weight excluding hydrogens is 366 g/mol. The number of nitrogen functional groups attached to an aromatic ring is 1. The lowest BCUT2D eigenvalue weighted by atomic mass is 10.0. The number of hydrogen-bond donors (Lipinski definition) is 1. The number of carbonyl (C=O) groups excluding carboxylic acids is 2. The number of nitrogens with zero attached hydrogens (tertiary/aromatic N) is 2. The maximum atomic E-state index is 12.6. The van der Waals surface area contributed by atoms with Gasteiger partial charge in [-0.15, -0.1) is 0 Å². The Morgan fingerprint density at radius 1 is 1.25 bits per heavy atom. The molecule has 0 spiro atoms. The molecule has 0 fully saturated rings. The van der Waals surface area contributed by atoms with E-state index in [4.69, 9.17) is 15.2 Å². The minimum absolute atomic E-state index is 0.0258. The standard InChI is InChI=1S/C19H19N3O6/c1-27-14-5-7-17-12(9-14)3-2-8-21(17)18(23)11-28-19(24)15-6-4-13(22(25)26)10-16(15)20/h4-7,9-10H,2-3,8,11,20H2,1H3. The number of methoxy groups -OCH3 is 1. The van der Waals surface area contributed by atoms with E-state index in [-0.39, 0.29) is 22.8 Å². The number of nitrogens with two attached hydrogens (primary N) is 1. The number of fused-ring (bicyclic) bond motifs is 1. The van der Waals surface area contributed by atoms with E-state index >= 15 is 0 Å². The molecule has 146 valence electrons. The summed E-state index contributed by atoms with van der Waals surface area (Å²) in [5.74, 6) is -0.458. The van der Waals surface area contributed by atoms with Gasteiger partial charge in [-0.25, -0.2) is 4.79 Å². The van der Waals surface area contributed by atoms with Crippen molar-refractivity contribution in [3.63, 3.8) is 0 Å². The molecule has 0 radical (unpaired) electrons. The van der Waals surface area contributed by atoms with Crippen molar-refractivity contribution < 1.29 is 24.0 Å². The molecule has 0 saturated heterocycles. The van der Waals surface area contributed by atoms with Crippen LogP contribution in [0.25, 0.3) is 0 Å². The maximum Gasteiger partial charge on any atom is 0.340 e. The average Bonchev–Trinajstić information content (AvgIpc) is 2.70. The lowest BCUT2D eigenvalue weighted by molar-refractivity contribution is -0.384. The highest BCUT2D eigenvalue weighted by molar-refractivity contribution is 5.99. The predicted octanol–water partition coefficient (Wildman–Crippen LogP) is 2.32. The Hall–Kier alpha value is -3.62. The zero-order valence-electron chi connectivity index (χ0n) is 15.2. The van der Waals surface area contributed by atoms with Crippen LogP contribution in [0.4, 0.5) is 17.1 Å². The van der Waals surface area contributed by atoms with Crippen LogP contribution in [0.3, 0.4) is 0 Å². The molecule has 0 saturated carbocycles. The summed E-state index contributed by atoms with van der Waals surface area (Å²) in [6.07, 6.45) is 1.62. The highest BCUT2D eigenvalue weighted by Crippen LogP contribution is 2.30. The van der Waals surface area contributed by atoms with Crippen molar-refractivity contribution in [1.29, 1.82) is 0 Å². The van der Waals surface area contributed by atoms with Crippen LogP contribution in [0, 0.1) is 10.1 Å². The second kappa shape index (κ2) is 7.95. The highest BCUT2D eigenvalue weighted by Gasteiger charge is 2.24. The molecule has 0 bridgehead atoms. The van der Waals surface area contributed by atoms with Crippen molar-refractivity contribution in [1.82, 2.24) is 0 Å². The Balaban J connectivity index is 1.68. The molecule has 2 aromatic rings. The monoisotopic (exact) mass is 385 g/mol. The highest BCUT2D eigenvalue weighted by atomic mass is 16.6. The fourth-order valence-corrected chi connectivity index (χ4v) is 3.09. The Labute approximate surface area is 160 Å². The molecular formula is C19H19N3O6. The summed E-state index contributed by atoms with van der Waals surface area (Å²) in [5, 5.41) is 10.7. The second-order valence-electron chi connectivity index (χ2n) is 6.25. The number of esters is 1. The number of nitro groups is 1. The predicted molar refractivity (Wildman–Crippen MR) is 101 cm³/mol. The number of anilines is 2. The SMILES string of the molecule is COc1ccc2c(c1)CCCN2C(=O)COC(=O)c1ccc([N+](=O)[O-])cc1N. The number of rotatable bonds is 5. The minimum atomic E-state index is -0.812. The van der Waals surface area contributed by atoms with Crippen molar-refractivity contribution in [2.45, 2.75) is 12.8 Å². The summed E-state index contributed by atoms with van der Waals surface area (Å²) < 4.78 is 10.3. The summed E-state index contributed by atoms with van der Waals surface area (Å²) in [7, 11) is 1.58. The van der Waals surface area contributed by atoms with Crippen molar-refractivity contribution in [3.8, 4) is 5.75 Å². The molecule has 9 nitrogen and oxygen atoms in total. The molecule has 1 amide bonds. The van der Waals surface area contributed by atoms with Crippen LogP contribution in [0.5, 0.6) is 5.75 Å². The van der Waals surface area contributed by atoms with Crippen molar-refractivity contribution in [2.75, 3.05) is 30.9 Å². The van der Waals surface area contributed by atoms with Gasteiger partial charge >= 0.3 is 5.97 Å². The van der Waals surface area contributed by atoms with Gasteiger partial charge in [0.05, 0.1) is 23.3 Å². The molecule has 1 heterocycles. The molecule has 1 aliphatic rings. The third-order valence-electron chi connectivity index (χ3n) is 4.50. The summed E-state index contributed by atoms with van der Waals surface area (Å²) >= 11 is 0. The molecule has 2 N–H and O–H groups in total. The van der Waals surface area contributed by atoms with Crippen LogP contribution in [-0.2, 0) is 16.0 Å². The first-order chi connectivity index (χ1) is 13.4. The summed E-state index contributed by atoms with van der Waals surface area (Å²) in [5.41, 5.74) is 7.11. The first-order valence-corrected chi connectivity index (χ1v) is 8.59. The normalized spacial score (nSPS) is 12.8. The first-order valence-electron chi connectivity index (χ1n) is 8.59. The van der Waals surface area contributed by atoms with Gasteiger partial charge in [-0.05, 0) is 42.7 Å². The summed E-state index contributed by atoms with van der Waals surface area (Å²) in [4.78, 5) is 36.5. The van der Waals surface area contributed by atoms with E-state index in [9.17, 15) is 19.7 Å². The third kappa shape index (κ3) is 3.88. The van der Waals surface area contributed by atoms with Gasteiger partial charge in [-0.3, -0.25) is 14.9 Å². The van der Waals surface area contributed by atoms with Crippen LogP contribution in [-0.4, -0.2) is 37.1 Å². The Bertz CT molecular complexity index is 943. The number of ether oxygens (including phenoxy) is 2. The van der Waals surface area contributed by atoms with Gasteiger partial charge in [-0.2, -0.15) is 0 Å². The number of amides is 1. The molecule has 28 heavy (non-hydrogen) atoms. The maximum absolute atomic E-state index is 12.6. The number of non-ortho nitro benzene ring substituents is 1. The van der Waals surface area contributed by atoms with Gasteiger partial charge in [0.2, 0.25) is 0 Å². The molecule has 0 atom stereocenters. The summed E-state index contributed by atoms with van der Waals surface area (Å²) in [6, 6.07) is 8.91. The lowest BCUT2D eigenvalue weighted by Crippen LogP contribution is -2.38. The van der Waals surface area contributed by atoms with Gasteiger partial charge in [0.1, 0.15) is 5.75 Å². The topological polar surface area (TPSA) is 125 Å². The van der Waals surface area contributed by atoms with Crippen LogP contribution in [0.15, 0.2) is 36.4 Å². The van der Waals surface area contributed by atoms with E-state index in [0.717, 1.165) is 36.2 Å². The number of carbonyl (C=O) groups is 2. The quantitative estimate of drug-likeness (QED) is 0.362. The van der Waals surface area contributed by atoms with E-state index in [1.54, 1.807) is 24.1 Å². The molecule has 2 aromatic carbocycles. The van der Waals surface area contributed by atoms with E-state index in [0.29, 0.717) is 12.3 Å². The zero-order valence-corrected chi connectivity index (χ0v) is 15.2. The molecule has 0 unspecified atom stereocenters. The van der Waals surface area contributed by atoms with Crippen LogP contribution < -0.4 is 15.4 Å². The van der Waals surface area contributed by atoms with E-state index in [2.05, 4.69) is 0 Å². The first kappa shape index (κ1) is 19.2. The van der Waals surface area contributed by atoms with Gasteiger partial charge in [-0.1, -0.05) is 0 Å². The molecule has 0 aromatic heterocycles. The van der Waals surface area contributed by atoms with Gasteiger partial charge in [0.25, 0.3) is 11.6 Å². The fraction of sp³-hybridized carbons (Fsp3) is 0.263. The fourth-order valence-electron chi connectivity index (χ4n) is 3.09. The van der Waals surface area contributed by atoms with Crippen molar-refractivity contribution >= 4 is 28.9 Å². The van der Waals surface area contributed by atoms with Crippen LogP contribution in [0.2, 0.25) is 0 Å². The molecule has 9 heteroatoms. The van der Waals surface area contributed by atoms with Crippen LogP contribution >= 0.6 is 0 Å². The van der Waals surface area contributed by atoms with Crippen molar-refractivity contribution in [2.24, 2.45) is 0 Å². The van der Waals surface area contributed by atoms with E-state index in [1.807, 2.05) is 6.07 Å². The minimum Gasteiger partial charge on any atom is -0.497 e.